The first-order chi connectivity index (χ1) is 7.24. The van der Waals surface area contributed by atoms with E-state index in [0.717, 1.165) is 15.6 Å². The molecule has 0 bridgehead atoms. The number of aryl methyl sites for hydroxylation is 1. The SMILES string of the molecule is Cc1nnc(OCc2ccc(Cl)cc2)s1. The van der Waals surface area contributed by atoms with Crippen molar-refractivity contribution in [2.75, 3.05) is 0 Å². The lowest BCUT2D eigenvalue weighted by molar-refractivity contribution is 0.302. The van der Waals surface area contributed by atoms with Crippen LogP contribution in [0, 0.1) is 6.92 Å². The fourth-order valence-corrected chi connectivity index (χ4v) is 1.72. The van der Waals surface area contributed by atoms with E-state index in [1.807, 2.05) is 31.2 Å². The van der Waals surface area contributed by atoms with E-state index < -0.39 is 0 Å². The molecule has 2 rings (SSSR count). The third-order valence-corrected chi connectivity index (χ3v) is 2.79. The third-order valence-electron chi connectivity index (χ3n) is 1.78. The van der Waals surface area contributed by atoms with Crippen molar-refractivity contribution in [1.82, 2.24) is 10.2 Å². The Labute approximate surface area is 96.7 Å². The molecule has 1 aromatic heterocycles. The summed E-state index contributed by atoms with van der Waals surface area (Å²) >= 11 is 7.21. The molecule has 2 aromatic rings. The van der Waals surface area contributed by atoms with Gasteiger partial charge in [-0.25, -0.2) is 0 Å². The molecule has 1 heterocycles. The van der Waals surface area contributed by atoms with E-state index in [1.165, 1.54) is 11.3 Å². The summed E-state index contributed by atoms with van der Waals surface area (Å²) in [6.45, 7) is 2.39. The molecule has 0 saturated carbocycles. The van der Waals surface area contributed by atoms with E-state index in [0.29, 0.717) is 11.8 Å². The molecule has 0 unspecified atom stereocenters. The Bertz CT molecular complexity index is 441. The minimum Gasteiger partial charge on any atom is -0.464 e. The van der Waals surface area contributed by atoms with E-state index in [1.54, 1.807) is 0 Å². The Morgan fingerprint density at radius 2 is 2.00 bits per heavy atom. The van der Waals surface area contributed by atoms with Crippen molar-refractivity contribution in [1.29, 1.82) is 0 Å². The molecule has 78 valence electrons. The Kier molecular flexibility index (Phi) is 3.18. The van der Waals surface area contributed by atoms with Crippen LogP contribution in [0.1, 0.15) is 10.6 Å². The number of aromatic nitrogens is 2. The molecule has 0 radical (unpaired) electrons. The number of rotatable bonds is 3. The van der Waals surface area contributed by atoms with E-state index in [-0.39, 0.29) is 0 Å². The molecule has 3 nitrogen and oxygen atoms in total. The van der Waals surface area contributed by atoms with E-state index in [4.69, 9.17) is 16.3 Å². The summed E-state index contributed by atoms with van der Waals surface area (Å²) < 4.78 is 5.45. The fraction of sp³-hybridized carbons (Fsp3) is 0.200. The summed E-state index contributed by atoms with van der Waals surface area (Å²) in [6, 6.07) is 7.53. The first-order valence-corrected chi connectivity index (χ1v) is 5.61. The molecule has 0 saturated heterocycles. The van der Waals surface area contributed by atoms with Gasteiger partial charge in [0.25, 0.3) is 5.19 Å². The van der Waals surface area contributed by atoms with E-state index >= 15 is 0 Å². The summed E-state index contributed by atoms with van der Waals surface area (Å²) in [7, 11) is 0. The maximum absolute atomic E-state index is 5.77. The summed E-state index contributed by atoms with van der Waals surface area (Å²) in [4.78, 5) is 0. The van der Waals surface area contributed by atoms with Crippen LogP contribution in [-0.4, -0.2) is 10.2 Å². The monoisotopic (exact) mass is 240 g/mol. The third kappa shape index (κ3) is 2.91. The summed E-state index contributed by atoms with van der Waals surface area (Å²) in [6.07, 6.45) is 0. The number of ether oxygens (including phenoxy) is 1. The highest BCUT2D eigenvalue weighted by Crippen LogP contribution is 2.18. The van der Waals surface area contributed by atoms with Gasteiger partial charge in [-0.05, 0) is 24.6 Å². The van der Waals surface area contributed by atoms with Crippen molar-refractivity contribution in [3.63, 3.8) is 0 Å². The van der Waals surface area contributed by atoms with Gasteiger partial charge in [0.1, 0.15) is 11.6 Å². The topological polar surface area (TPSA) is 35.0 Å². The maximum atomic E-state index is 5.77. The summed E-state index contributed by atoms with van der Waals surface area (Å²) in [5, 5.41) is 9.96. The smallest absolute Gasteiger partial charge is 0.294 e. The minimum absolute atomic E-state index is 0.492. The summed E-state index contributed by atoms with van der Waals surface area (Å²) in [5.74, 6) is 0. The van der Waals surface area contributed by atoms with Crippen molar-refractivity contribution in [3.8, 4) is 5.19 Å². The molecule has 0 aliphatic carbocycles. The highest BCUT2D eigenvalue weighted by Gasteiger charge is 2.01. The van der Waals surface area contributed by atoms with Gasteiger partial charge < -0.3 is 4.74 Å². The molecule has 0 N–H and O–H groups in total. The number of halogens is 1. The van der Waals surface area contributed by atoms with Crippen LogP contribution >= 0.6 is 22.9 Å². The molecule has 0 aliphatic rings. The van der Waals surface area contributed by atoms with Crippen molar-refractivity contribution >= 4 is 22.9 Å². The molecule has 15 heavy (non-hydrogen) atoms. The van der Waals surface area contributed by atoms with Crippen LogP contribution in [0.2, 0.25) is 5.02 Å². The van der Waals surface area contributed by atoms with Crippen LogP contribution < -0.4 is 4.74 Å². The first kappa shape index (κ1) is 10.4. The van der Waals surface area contributed by atoms with Crippen molar-refractivity contribution in [2.45, 2.75) is 13.5 Å². The average Bonchev–Trinajstić information content (AvgIpc) is 2.64. The van der Waals surface area contributed by atoms with Crippen LogP contribution in [0.5, 0.6) is 5.19 Å². The second-order valence-corrected chi connectivity index (χ2v) is 4.58. The molecule has 1 aromatic carbocycles. The Hall–Kier alpha value is -1.13. The van der Waals surface area contributed by atoms with Gasteiger partial charge in [-0.15, -0.1) is 10.2 Å². The number of hydrogen-bond acceptors (Lipinski definition) is 4. The highest BCUT2D eigenvalue weighted by molar-refractivity contribution is 7.12. The molecule has 0 fully saturated rings. The lowest BCUT2D eigenvalue weighted by Crippen LogP contribution is -1.94. The Balaban J connectivity index is 1.96. The van der Waals surface area contributed by atoms with Gasteiger partial charge in [0.15, 0.2) is 0 Å². The van der Waals surface area contributed by atoms with E-state index in [2.05, 4.69) is 10.2 Å². The molecule has 0 amide bonds. The Morgan fingerprint density at radius 1 is 1.27 bits per heavy atom. The van der Waals surface area contributed by atoms with E-state index in [9.17, 15) is 0 Å². The molecular formula is C10H9ClN2OS. The quantitative estimate of drug-likeness (QED) is 0.827. The van der Waals surface area contributed by atoms with Crippen molar-refractivity contribution in [2.24, 2.45) is 0 Å². The second kappa shape index (κ2) is 4.59. The van der Waals surface area contributed by atoms with Gasteiger partial charge in [0.2, 0.25) is 0 Å². The van der Waals surface area contributed by atoms with Gasteiger partial charge in [-0.1, -0.05) is 35.1 Å². The van der Waals surface area contributed by atoms with Gasteiger partial charge >= 0.3 is 0 Å². The minimum atomic E-state index is 0.492. The van der Waals surface area contributed by atoms with Crippen LogP contribution in [0.25, 0.3) is 0 Å². The molecule has 5 heteroatoms. The van der Waals surface area contributed by atoms with Crippen LogP contribution in [0.3, 0.4) is 0 Å². The fourth-order valence-electron chi connectivity index (χ4n) is 1.06. The van der Waals surface area contributed by atoms with Crippen molar-refractivity contribution in [3.05, 3.63) is 39.9 Å². The second-order valence-electron chi connectivity index (χ2n) is 3.00. The molecule has 0 aliphatic heterocycles. The lowest BCUT2D eigenvalue weighted by Gasteiger charge is -2.01. The predicted octanol–water partition coefficient (Wildman–Crippen LogP) is 3.08. The first-order valence-electron chi connectivity index (χ1n) is 4.41. The lowest BCUT2D eigenvalue weighted by atomic mass is 10.2. The van der Waals surface area contributed by atoms with Crippen LogP contribution in [-0.2, 0) is 6.61 Å². The summed E-state index contributed by atoms with van der Waals surface area (Å²) in [5.41, 5.74) is 1.06. The number of nitrogens with zero attached hydrogens (tertiary/aromatic N) is 2. The zero-order valence-corrected chi connectivity index (χ0v) is 9.68. The van der Waals surface area contributed by atoms with Gasteiger partial charge in [-0.2, -0.15) is 0 Å². The standard InChI is InChI=1S/C10H9ClN2OS/c1-7-12-13-10(15-7)14-6-8-2-4-9(11)5-3-8/h2-5H,6H2,1H3. The normalized spacial score (nSPS) is 10.3. The number of benzene rings is 1. The Morgan fingerprint density at radius 3 is 2.60 bits per heavy atom. The molecule has 0 spiro atoms. The predicted molar refractivity (Wildman–Crippen MR) is 60.4 cm³/mol. The molecular weight excluding hydrogens is 232 g/mol. The van der Waals surface area contributed by atoms with Gasteiger partial charge in [0, 0.05) is 5.02 Å². The zero-order chi connectivity index (χ0) is 10.7. The maximum Gasteiger partial charge on any atom is 0.294 e. The van der Waals surface area contributed by atoms with Crippen molar-refractivity contribution < 1.29 is 4.74 Å². The number of hydrogen-bond donors (Lipinski definition) is 0. The van der Waals surface area contributed by atoms with Gasteiger partial charge in [0.05, 0.1) is 0 Å². The average molecular weight is 241 g/mol. The van der Waals surface area contributed by atoms with Crippen LogP contribution in [0.15, 0.2) is 24.3 Å². The zero-order valence-electron chi connectivity index (χ0n) is 8.11. The van der Waals surface area contributed by atoms with Crippen LogP contribution in [0.4, 0.5) is 0 Å². The highest BCUT2D eigenvalue weighted by atomic mass is 35.5. The largest absolute Gasteiger partial charge is 0.464 e. The van der Waals surface area contributed by atoms with Gasteiger partial charge in [-0.3, -0.25) is 0 Å². The molecule has 0 atom stereocenters.